The molecule has 0 aliphatic carbocycles. The number of ether oxygens (including phenoxy) is 1. The summed E-state index contributed by atoms with van der Waals surface area (Å²) in [4.78, 5) is 86.6. The molecule has 0 saturated carbocycles. The minimum atomic E-state index is -0.974. The summed E-state index contributed by atoms with van der Waals surface area (Å²) in [5, 5.41) is 13.3. The Morgan fingerprint density at radius 3 is 2.26 bits per heavy atom. The molecule has 252 valence electrons. The molecule has 1 aliphatic rings. The number of hydrogen-bond donors (Lipinski definition) is 6. The van der Waals surface area contributed by atoms with E-state index in [0.29, 0.717) is 50.0 Å². The second kappa shape index (κ2) is 20.1. The number of primary amides is 1. The van der Waals surface area contributed by atoms with Crippen molar-refractivity contribution in [1.29, 1.82) is 0 Å². The summed E-state index contributed by atoms with van der Waals surface area (Å²) < 4.78 is 5.29. The number of nitrogens with zero attached hydrogens (tertiary/aromatic N) is 2. The maximum Gasteiger partial charge on any atom is 0.409 e. The summed E-state index contributed by atoms with van der Waals surface area (Å²) in [6, 6.07) is 4.98. The molecule has 1 heterocycles. The Kier molecular flexibility index (Phi) is 16.3. The van der Waals surface area contributed by atoms with E-state index in [9.17, 15) is 33.6 Å². The molecule has 0 aromatic heterocycles. The van der Waals surface area contributed by atoms with Crippen LogP contribution < -0.4 is 32.3 Å². The van der Waals surface area contributed by atoms with Crippen LogP contribution in [-0.4, -0.2) is 104 Å². The third-order valence-electron chi connectivity index (χ3n) is 6.85. The Hall–Kier alpha value is -4.99. The first-order valence-electron chi connectivity index (χ1n) is 15.0. The van der Waals surface area contributed by atoms with Crippen molar-refractivity contribution >= 4 is 47.3 Å². The largest absolute Gasteiger partial charge is 0.445 e. The van der Waals surface area contributed by atoms with Crippen LogP contribution in [0.25, 0.3) is 0 Å². The first-order chi connectivity index (χ1) is 22.0. The Morgan fingerprint density at radius 2 is 1.61 bits per heavy atom. The Labute approximate surface area is 267 Å². The maximum atomic E-state index is 13.1. The number of nitrogens with two attached hydrogens (primary N) is 1. The van der Waals surface area contributed by atoms with Gasteiger partial charge in [-0.3, -0.25) is 28.9 Å². The molecule has 46 heavy (non-hydrogen) atoms. The average Bonchev–Trinajstić information content (AvgIpc) is 3.35. The molecule has 7 N–H and O–H groups in total. The van der Waals surface area contributed by atoms with Crippen LogP contribution in [0.4, 0.5) is 15.3 Å². The van der Waals surface area contributed by atoms with Gasteiger partial charge in [0.15, 0.2) is 0 Å². The van der Waals surface area contributed by atoms with Crippen LogP contribution in [-0.2, 0) is 35.3 Å². The lowest BCUT2D eigenvalue weighted by Crippen LogP contribution is -2.47. The standard InChI is InChI=1S/C30H44N8O8/c1-32-16-18-37(2)30(45)46-20-21-9-11-22(12-10-21)35-28(43)23(7-6-15-33-29(31)44)36-25(40)19-34-24(39)8-4-3-5-17-38-26(41)13-14-27(38)42/h9-14,23,32H,3-8,15-20H2,1-2H3,(H,34,39)(H,35,43)(H,36,40)(H3,31,33,44). The van der Waals surface area contributed by atoms with Crippen molar-refractivity contribution in [3.05, 3.63) is 42.0 Å². The average molecular weight is 645 g/mol. The predicted molar refractivity (Wildman–Crippen MR) is 168 cm³/mol. The zero-order valence-electron chi connectivity index (χ0n) is 26.3. The molecule has 1 unspecified atom stereocenters. The highest BCUT2D eigenvalue weighted by Crippen LogP contribution is 2.13. The Balaban J connectivity index is 1.80. The molecule has 0 spiro atoms. The van der Waals surface area contributed by atoms with Gasteiger partial charge in [0.2, 0.25) is 17.7 Å². The molecule has 16 nitrogen and oxygen atoms in total. The van der Waals surface area contributed by atoms with E-state index in [1.807, 2.05) is 0 Å². The molecule has 0 fully saturated rings. The lowest BCUT2D eigenvalue weighted by Gasteiger charge is -2.19. The number of anilines is 1. The van der Waals surface area contributed by atoms with E-state index in [4.69, 9.17) is 10.5 Å². The van der Waals surface area contributed by atoms with Crippen molar-refractivity contribution in [1.82, 2.24) is 31.1 Å². The molecule has 0 bridgehead atoms. The topological polar surface area (TPSA) is 221 Å². The van der Waals surface area contributed by atoms with Gasteiger partial charge in [0.25, 0.3) is 11.8 Å². The number of likely N-dealkylation sites (N-methyl/N-ethyl adjacent to an activating group) is 2. The predicted octanol–water partition coefficient (Wildman–Crippen LogP) is -0.0522. The second-order valence-corrected chi connectivity index (χ2v) is 10.6. The van der Waals surface area contributed by atoms with Crippen LogP contribution in [0.3, 0.4) is 0 Å². The number of hydrogen-bond acceptors (Lipinski definition) is 9. The van der Waals surface area contributed by atoms with Crippen molar-refractivity contribution in [2.45, 2.75) is 51.2 Å². The molecule has 0 radical (unpaired) electrons. The number of urea groups is 1. The SMILES string of the molecule is CNCCN(C)C(=O)OCc1ccc(NC(=O)C(CCCNC(N)=O)NC(=O)CNC(=O)CCCCCN2C(=O)C=CC2=O)cc1. The smallest absolute Gasteiger partial charge is 0.409 e. The summed E-state index contributed by atoms with van der Waals surface area (Å²) in [5.74, 6) is -2.13. The van der Waals surface area contributed by atoms with Gasteiger partial charge in [-0.05, 0) is 50.4 Å². The zero-order chi connectivity index (χ0) is 33.9. The highest BCUT2D eigenvalue weighted by Gasteiger charge is 2.23. The number of nitrogens with one attached hydrogen (secondary N) is 5. The number of rotatable bonds is 20. The highest BCUT2D eigenvalue weighted by molar-refractivity contribution is 6.12. The number of unbranched alkanes of at least 4 members (excludes halogenated alkanes) is 2. The molecule has 8 amide bonds. The lowest BCUT2D eigenvalue weighted by atomic mass is 10.1. The van der Waals surface area contributed by atoms with Gasteiger partial charge in [0.05, 0.1) is 6.54 Å². The van der Waals surface area contributed by atoms with E-state index in [1.54, 1.807) is 38.4 Å². The van der Waals surface area contributed by atoms with Crippen molar-refractivity contribution in [3.63, 3.8) is 0 Å². The molecule has 1 aromatic rings. The minimum absolute atomic E-state index is 0.0482. The maximum absolute atomic E-state index is 13.1. The first-order valence-corrected chi connectivity index (χ1v) is 15.0. The van der Waals surface area contributed by atoms with Gasteiger partial charge < -0.3 is 42.0 Å². The van der Waals surface area contributed by atoms with E-state index >= 15 is 0 Å². The normalized spacial score (nSPS) is 12.8. The van der Waals surface area contributed by atoms with Gasteiger partial charge in [0.1, 0.15) is 12.6 Å². The number of amides is 8. The summed E-state index contributed by atoms with van der Waals surface area (Å²) in [6.45, 7) is 1.30. The van der Waals surface area contributed by atoms with Crippen LogP contribution in [0, 0.1) is 0 Å². The van der Waals surface area contributed by atoms with Crippen molar-refractivity contribution < 1.29 is 38.3 Å². The van der Waals surface area contributed by atoms with E-state index in [2.05, 4.69) is 26.6 Å². The van der Waals surface area contributed by atoms with Gasteiger partial charge in [-0.25, -0.2) is 9.59 Å². The lowest BCUT2D eigenvalue weighted by molar-refractivity contribution is -0.137. The van der Waals surface area contributed by atoms with E-state index in [1.165, 1.54) is 17.1 Å². The van der Waals surface area contributed by atoms with Crippen LogP contribution >= 0.6 is 0 Å². The molecule has 1 aliphatic heterocycles. The molecule has 1 aromatic carbocycles. The number of benzene rings is 1. The van der Waals surface area contributed by atoms with E-state index in [0.717, 1.165) is 4.90 Å². The summed E-state index contributed by atoms with van der Waals surface area (Å²) in [6.07, 6.45) is 4.32. The molecular weight excluding hydrogens is 600 g/mol. The van der Waals surface area contributed by atoms with Crippen LogP contribution in [0.2, 0.25) is 0 Å². The number of carbonyl (C=O) groups is 7. The highest BCUT2D eigenvalue weighted by atomic mass is 16.6. The van der Waals surface area contributed by atoms with Crippen molar-refractivity contribution in [3.8, 4) is 0 Å². The monoisotopic (exact) mass is 644 g/mol. The molecule has 1 atom stereocenters. The van der Waals surface area contributed by atoms with Crippen LogP contribution in [0.1, 0.15) is 44.1 Å². The van der Waals surface area contributed by atoms with Gasteiger partial charge >= 0.3 is 12.1 Å². The molecule has 2 rings (SSSR count). The third kappa shape index (κ3) is 14.2. The Bertz CT molecular complexity index is 1240. The van der Waals surface area contributed by atoms with Crippen molar-refractivity contribution in [2.75, 3.05) is 52.1 Å². The van der Waals surface area contributed by atoms with Crippen molar-refractivity contribution in [2.24, 2.45) is 5.73 Å². The first kappa shape index (κ1) is 37.2. The number of carbonyl (C=O) groups excluding carboxylic acids is 7. The molecule has 0 saturated heterocycles. The van der Waals surface area contributed by atoms with Gasteiger partial charge in [0, 0.05) is 57.5 Å². The molecule has 16 heteroatoms. The van der Waals surface area contributed by atoms with Gasteiger partial charge in [-0.1, -0.05) is 18.6 Å². The third-order valence-corrected chi connectivity index (χ3v) is 6.85. The fourth-order valence-corrected chi connectivity index (χ4v) is 4.22. The fourth-order valence-electron chi connectivity index (χ4n) is 4.22. The fraction of sp³-hybridized carbons (Fsp3) is 0.500. The van der Waals surface area contributed by atoms with Gasteiger partial charge in [-0.15, -0.1) is 0 Å². The van der Waals surface area contributed by atoms with E-state index in [-0.39, 0.29) is 56.8 Å². The zero-order valence-corrected chi connectivity index (χ0v) is 26.3. The van der Waals surface area contributed by atoms with Crippen LogP contribution in [0.5, 0.6) is 0 Å². The van der Waals surface area contributed by atoms with E-state index < -0.39 is 30.0 Å². The second-order valence-electron chi connectivity index (χ2n) is 10.6. The Morgan fingerprint density at radius 1 is 0.913 bits per heavy atom. The number of imide groups is 1. The minimum Gasteiger partial charge on any atom is -0.445 e. The molecular formula is C30H44N8O8. The summed E-state index contributed by atoms with van der Waals surface area (Å²) in [7, 11) is 3.43. The van der Waals surface area contributed by atoms with Gasteiger partial charge in [-0.2, -0.15) is 0 Å². The quantitative estimate of drug-likeness (QED) is 0.0826. The summed E-state index contributed by atoms with van der Waals surface area (Å²) >= 11 is 0. The van der Waals surface area contributed by atoms with Crippen LogP contribution in [0.15, 0.2) is 36.4 Å². The summed E-state index contributed by atoms with van der Waals surface area (Å²) in [5.41, 5.74) is 6.25.